The fraction of sp³-hybridized carbons (Fsp3) is 0.625. The molecular formula is C16H22N2O2S. The van der Waals surface area contributed by atoms with Crippen molar-refractivity contribution in [2.24, 2.45) is 0 Å². The van der Waals surface area contributed by atoms with Crippen molar-refractivity contribution in [1.82, 2.24) is 0 Å². The summed E-state index contributed by atoms with van der Waals surface area (Å²) < 4.78 is 4.83. The lowest BCUT2D eigenvalue weighted by Gasteiger charge is -2.35. The largest absolute Gasteiger partial charge is 0.465 e. The molecule has 1 fully saturated rings. The van der Waals surface area contributed by atoms with Crippen LogP contribution < -0.4 is 4.90 Å². The molecule has 1 heterocycles. The highest BCUT2D eigenvalue weighted by Gasteiger charge is 2.28. The predicted molar refractivity (Wildman–Crippen MR) is 85.0 cm³/mol. The molecule has 1 aromatic rings. The van der Waals surface area contributed by atoms with Crippen LogP contribution in [0.25, 0.3) is 0 Å². The van der Waals surface area contributed by atoms with Crippen LogP contribution in [0.3, 0.4) is 0 Å². The molecule has 21 heavy (non-hydrogen) atoms. The van der Waals surface area contributed by atoms with Gasteiger partial charge in [0.25, 0.3) is 0 Å². The van der Waals surface area contributed by atoms with Crippen LogP contribution in [0.4, 0.5) is 5.00 Å². The van der Waals surface area contributed by atoms with Crippen molar-refractivity contribution in [3.8, 4) is 6.07 Å². The number of hydrogen-bond donors (Lipinski definition) is 0. The topological polar surface area (TPSA) is 53.3 Å². The maximum atomic E-state index is 11.9. The molecule has 0 bridgehead atoms. The number of rotatable bonds is 4. The Kier molecular flexibility index (Phi) is 5.24. The van der Waals surface area contributed by atoms with Crippen LogP contribution in [0.1, 0.15) is 59.8 Å². The van der Waals surface area contributed by atoms with E-state index in [9.17, 15) is 10.1 Å². The van der Waals surface area contributed by atoms with E-state index in [1.165, 1.54) is 50.6 Å². The number of esters is 1. The number of thiophene rings is 1. The molecule has 1 aliphatic carbocycles. The number of carbonyl (C=O) groups excluding carboxylic acids is 1. The maximum absolute atomic E-state index is 11.9. The second kappa shape index (κ2) is 6.95. The van der Waals surface area contributed by atoms with Crippen molar-refractivity contribution in [3.63, 3.8) is 0 Å². The van der Waals surface area contributed by atoms with Crippen LogP contribution in [0, 0.1) is 18.3 Å². The van der Waals surface area contributed by atoms with E-state index in [0.717, 1.165) is 17.1 Å². The van der Waals surface area contributed by atoms with Gasteiger partial charge >= 0.3 is 5.97 Å². The SMILES string of the molecule is CCN(c1sc(C#N)c(C(=O)OC)c1C)C1CCCCC1. The van der Waals surface area contributed by atoms with E-state index in [4.69, 9.17) is 4.74 Å². The van der Waals surface area contributed by atoms with Crippen LogP contribution >= 0.6 is 11.3 Å². The van der Waals surface area contributed by atoms with Crippen molar-refractivity contribution in [2.75, 3.05) is 18.6 Å². The zero-order valence-corrected chi connectivity index (χ0v) is 13.8. The van der Waals surface area contributed by atoms with Crippen molar-refractivity contribution in [3.05, 3.63) is 16.0 Å². The van der Waals surface area contributed by atoms with Gasteiger partial charge in [-0.1, -0.05) is 19.3 Å². The fourth-order valence-corrected chi connectivity index (χ4v) is 4.39. The van der Waals surface area contributed by atoms with Crippen LogP contribution in [0.15, 0.2) is 0 Å². The molecule has 1 aliphatic rings. The predicted octanol–water partition coefficient (Wildman–Crippen LogP) is 3.87. The summed E-state index contributed by atoms with van der Waals surface area (Å²) in [7, 11) is 1.36. The molecule has 2 rings (SSSR count). The quantitative estimate of drug-likeness (QED) is 0.792. The third kappa shape index (κ3) is 3.06. The summed E-state index contributed by atoms with van der Waals surface area (Å²) in [5.74, 6) is -0.411. The number of ether oxygens (including phenoxy) is 1. The number of nitriles is 1. The van der Waals surface area contributed by atoms with E-state index in [2.05, 4.69) is 17.9 Å². The smallest absolute Gasteiger partial charge is 0.340 e. The molecule has 5 heteroatoms. The molecule has 0 aromatic carbocycles. The summed E-state index contributed by atoms with van der Waals surface area (Å²) >= 11 is 1.42. The van der Waals surface area contributed by atoms with Crippen molar-refractivity contribution >= 4 is 22.3 Å². The van der Waals surface area contributed by atoms with Gasteiger partial charge in [-0.25, -0.2) is 4.79 Å². The monoisotopic (exact) mass is 306 g/mol. The Morgan fingerprint density at radius 1 is 1.43 bits per heavy atom. The first kappa shape index (κ1) is 15.8. The van der Waals surface area contributed by atoms with E-state index < -0.39 is 5.97 Å². The van der Waals surface area contributed by atoms with Gasteiger partial charge in [0.15, 0.2) is 0 Å². The number of nitrogens with zero attached hydrogens (tertiary/aromatic N) is 2. The summed E-state index contributed by atoms with van der Waals surface area (Å²) in [5.41, 5.74) is 1.32. The third-order valence-electron chi connectivity index (χ3n) is 4.23. The maximum Gasteiger partial charge on any atom is 0.340 e. The molecule has 0 amide bonds. The number of hydrogen-bond acceptors (Lipinski definition) is 5. The second-order valence-electron chi connectivity index (χ2n) is 5.42. The zero-order valence-electron chi connectivity index (χ0n) is 12.9. The molecule has 114 valence electrons. The first-order valence-corrected chi connectivity index (χ1v) is 8.34. The number of carbonyl (C=O) groups is 1. The summed E-state index contributed by atoms with van der Waals surface area (Å²) in [4.78, 5) is 14.8. The molecule has 4 nitrogen and oxygen atoms in total. The molecule has 0 N–H and O–H groups in total. The second-order valence-corrected chi connectivity index (χ2v) is 6.42. The van der Waals surface area contributed by atoms with E-state index in [1.54, 1.807) is 0 Å². The first-order chi connectivity index (χ1) is 10.1. The van der Waals surface area contributed by atoms with Gasteiger partial charge in [0, 0.05) is 12.6 Å². The molecule has 0 saturated heterocycles. The molecule has 0 unspecified atom stereocenters. The van der Waals surface area contributed by atoms with Crippen LogP contribution in [0.2, 0.25) is 0 Å². The van der Waals surface area contributed by atoms with E-state index >= 15 is 0 Å². The third-order valence-corrected chi connectivity index (χ3v) is 5.46. The minimum atomic E-state index is -0.411. The highest BCUT2D eigenvalue weighted by Crippen LogP contribution is 2.38. The minimum Gasteiger partial charge on any atom is -0.465 e. The van der Waals surface area contributed by atoms with Crippen LogP contribution in [0.5, 0.6) is 0 Å². The molecule has 0 spiro atoms. The first-order valence-electron chi connectivity index (χ1n) is 7.52. The lowest BCUT2D eigenvalue weighted by atomic mass is 9.94. The summed E-state index contributed by atoms with van der Waals surface area (Å²) in [5, 5.41) is 10.4. The Balaban J connectivity index is 2.40. The van der Waals surface area contributed by atoms with Gasteiger partial charge in [0.1, 0.15) is 10.9 Å². The van der Waals surface area contributed by atoms with Crippen molar-refractivity contribution < 1.29 is 9.53 Å². The zero-order chi connectivity index (χ0) is 15.4. The Hall–Kier alpha value is -1.54. The van der Waals surface area contributed by atoms with Gasteiger partial charge in [-0.05, 0) is 32.3 Å². The van der Waals surface area contributed by atoms with Gasteiger partial charge in [0.2, 0.25) is 0 Å². The summed E-state index contributed by atoms with van der Waals surface area (Å²) in [6.07, 6.45) is 6.23. The van der Waals surface area contributed by atoms with Gasteiger partial charge in [-0.15, -0.1) is 11.3 Å². The molecule has 0 aliphatic heterocycles. The Bertz CT molecular complexity index is 553. The molecule has 1 saturated carbocycles. The fourth-order valence-electron chi connectivity index (χ4n) is 3.16. The normalized spacial score (nSPS) is 15.5. The average Bonchev–Trinajstić information content (AvgIpc) is 2.85. The Labute approximate surface area is 130 Å². The van der Waals surface area contributed by atoms with E-state index in [-0.39, 0.29) is 0 Å². The van der Waals surface area contributed by atoms with E-state index in [1.807, 2.05) is 6.92 Å². The standard InChI is InChI=1S/C16H22N2O2S/c1-4-18(12-8-6-5-7-9-12)15-11(2)14(16(19)20-3)13(10-17)21-15/h12H,4-9H2,1-3H3. The molecule has 0 radical (unpaired) electrons. The van der Waals surface area contributed by atoms with Gasteiger partial charge in [-0.2, -0.15) is 5.26 Å². The number of methoxy groups -OCH3 is 1. The van der Waals surface area contributed by atoms with Crippen molar-refractivity contribution in [2.45, 2.75) is 52.0 Å². The summed E-state index contributed by atoms with van der Waals surface area (Å²) in [6.45, 7) is 4.96. The van der Waals surface area contributed by atoms with Gasteiger partial charge in [0.05, 0.1) is 17.7 Å². The van der Waals surface area contributed by atoms with Crippen molar-refractivity contribution in [1.29, 1.82) is 5.26 Å². The van der Waals surface area contributed by atoms with Crippen LogP contribution in [-0.4, -0.2) is 25.7 Å². The van der Waals surface area contributed by atoms with Gasteiger partial charge < -0.3 is 9.64 Å². The molecule has 0 atom stereocenters. The Morgan fingerprint density at radius 2 is 2.10 bits per heavy atom. The summed E-state index contributed by atoms with van der Waals surface area (Å²) in [6, 6.07) is 2.67. The average molecular weight is 306 g/mol. The van der Waals surface area contributed by atoms with Crippen LogP contribution in [-0.2, 0) is 4.74 Å². The highest BCUT2D eigenvalue weighted by molar-refractivity contribution is 7.17. The van der Waals surface area contributed by atoms with E-state index in [0.29, 0.717) is 16.5 Å². The van der Waals surface area contributed by atoms with Gasteiger partial charge in [-0.3, -0.25) is 0 Å². The molecule has 1 aromatic heterocycles. The lowest BCUT2D eigenvalue weighted by Crippen LogP contribution is -2.36. The lowest BCUT2D eigenvalue weighted by molar-refractivity contribution is 0.0600. The highest BCUT2D eigenvalue weighted by atomic mass is 32.1. The molecular weight excluding hydrogens is 284 g/mol. The minimum absolute atomic E-state index is 0.411. The number of anilines is 1. The Morgan fingerprint density at radius 3 is 2.62 bits per heavy atom.